The maximum atomic E-state index is 13.7. The minimum atomic E-state index is -1.21. The minimum Gasteiger partial charge on any atom is -0.475 e. The summed E-state index contributed by atoms with van der Waals surface area (Å²) in [4.78, 5) is 15.1. The van der Waals surface area contributed by atoms with Crippen molar-refractivity contribution in [1.82, 2.24) is 14.8 Å². The molecular formula is C14H16FN3O2. The van der Waals surface area contributed by atoms with Crippen LogP contribution in [0.4, 0.5) is 4.39 Å². The van der Waals surface area contributed by atoms with Gasteiger partial charge in [0.2, 0.25) is 0 Å². The Morgan fingerprint density at radius 2 is 2.00 bits per heavy atom. The first-order valence-electron chi connectivity index (χ1n) is 6.18. The Morgan fingerprint density at radius 1 is 1.35 bits per heavy atom. The lowest BCUT2D eigenvalue weighted by molar-refractivity contribution is 0.0683. The first-order valence-corrected chi connectivity index (χ1v) is 6.18. The molecule has 0 spiro atoms. The number of nitrogens with zero attached hydrogens (tertiary/aromatic N) is 3. The molecule has 0 aliphatic carbocycles. The molecule has 6 heteroatoms. The number of hydrogen-bond donors (Lipinski definition) is 1. The van der Waals surface area contributed by atoms with Gasteiger partial charge in [0.05, 0.1) is 5.69 Å². The molecule has 0 aliphatic heterocycles. The molecule has 0 saturated carbocycles. The van der Waals surface area contributed by atoms with Crippen LogP contribution in [-0.4, -0.2) is 25.8 Å². The van der Waals surface area contributed by atoms with Crippen molar-refractivity contribution in [2.75, 3.05) is 0 Å². The van der Waals surface area contributed by atoms with Crippen LogP contribution in [0.5, 0.6) is 0 Å². The SMILES string of the molecule is Cc1c(F)cccc1-n1nc(C(=O)O)nc1C(C)(C)C. The summed E-state index contributed by atoms with van der Waals surface area (Å²) >= 11 is 0. The summed E-state index contributed by atoms with van der Waals surface area (Å²) in [6, 6.07) is 4.60. The van der Waals surface area contributed by atoms with Gasteiger partial charge in [-0.2, -0.15) is 0 Å². The fraction of sp³-hybridized carbons (Fsp3) is 0.357. The summed E-state index contributed by atoms with van der Waals surface area (Å²) in [5, 5.41) is 13.0. The second-order valence-electron chi connectivity index (χ2n) is 5.61. The van der Waals surface area contributed by atoms with E-state index in [1.54, 1.807) is 19.1 Å². The highest BCUT2D eigenvalue weighted by atomic mass is 19.1. The molecular weight excluding hydrogens is 261 g/mol. The smallest absolute Gasteiger partial charge is 0.375 e. The van der Waals surface area contributed by atoms with Crippen LogP contribution in [0.3, 0.4) is 0 Å². The molecule has 2 aromatic rings. The predicted octanol–water partition coefficient (Wildman–Crippen LogP) is 2.71. The number of rotatable bonds is 2. The van der Waals surface area contributed by atoms with E-state index < -0.39 is 11.4 Å². The maximum Gasteiger partial charge on any atom is 0.375 e. The van der Waals surface area contributed by atoms with Gasteiger partial charge >= 0.3 is 5.97 Å². The predicted molar refractivity (Wildman–Crippen MR) is 71.7 cm³/mol. The summed E-state index contributed by atoms with van der Waals surface area (Å²) in [5.74, 6) is -1.39. The van der Waals surface area contributed by atoms with E-state index in [0.29, 0.717) is 17.1 Å². The van der Waals surface area contributed by atoms with Crippen LogP contribution in [0.2, 0.25) is 0 Å². The quantitative estimate of drug-likeness (QED) is 0.916. The van der Waals surface area contributed by atoms with Gasteiger partial charge < -0.3 is 5.11 Å². The second kappa shape index (κ2) is 4.70. The monoisotopic (exact) mass is 277 g/mol. The molecule has 0 aliphatic rings. The van der Waals surface area contributed by atoms with Crippen LogP contribution in [0.1, 0.15) is 42.8 Å². The summed E-state index contributed by atoms with van der Waals surface area (Å²) in [6.45, 7) is 7.31. The fourth-order valence-electron chi connectivity index (χ4n) is 1.88. The molecule has 0 amide bonds. The van der Waals surface area contributed by atoms with Crippen LogP contribution in [0.15, 0.2) is 18.2 Å². The third-order valence-electron chi connectivity index (χ3n) is 2.94. The third-order valence-corrected chi connectivity index (χ3v) is 2.94. The minimum absolute atomic E-state index is 0.293. The Kier molecular flexibility index (Phi) is 3.33. The van der Waals surface area contributed by atoms with E-state index in [9.17, 15) is 9.18 Å². The molecule has 1 N–H and O–H groups in total. The van der Waals surface area contributed by atoms with E-state index in [2.05, 4.69) is 10.1 Å². The third kappa shape index (κ3) is 2.41. The molecule has 0 fully saturated rings. The number of aromatic carboxylic acids is 1. The lowest BCUT2D eigenvalue weighted by Gasteiger charge is -2.19. The van der Waals surface area contributed by atoms with Gasteiger partial charge in [-0.25, -0.2) is 18.9 Å². The van der Waals surface area contributed by atoms with Gasteiger partial charge in [-0.3, -0.25) is 0 Å². The number of carbonyl (C=O) groups is 1. The molecule has 0 radical (unpaired) electrons. The average Bonchev–Trinajstić information content (AvgIpc) is 2.77. The molecule has 5 nitrogen and oxygen atoms in total. The maximum absolute atomic E-state index is 13.7. The van der Waals surface area contributed by atoms with Crippen molar-refractivity contribution >= 4 is 5.97 Å². The first-order chi connectivity index (χ1) is 9.21. The Hall–Kier alpha value is -2.24. The van der Waals surface area contributed by atoms with Crippen LogP contribution in [-0.2, 0) is 5.41 Å². The van der Waals surface area contributed by atoms with Gasteiger partial charge in [0.1, 0.15) is 11.6 Å². The molecule has 2 rings (SSSR count). The number of benzene rings is 1. The summed E-state index contributed by atoms with van der Waals surface area (Å²) < 4.78 is 15.1. The fourth-order valence-corrected chi connectivity index (χ4v) is 1.88. The van der Waals surface area contributed by atoms with Crippen molar-refractivity contribution < 1.29 is 14.3 Å². The Bertz CT molecular complexity index is 672. The van der Waals surface area contributed by atoms with Crippen LogP contribution < -0.4 is 0 Å². The lowest BCUT2D eigenvalue weighted by atomic mass is 9.95. The zero-order valence-corrected chi connectivity index (χ0v) is 11.8. The number of carboxylic acids is 1. The zero-order valence-electron chi connectivity index (χ0n) is 11.8. The van der Waals surface area contributed by atoms with Crippen molar-refractivity contribution in [3.8, 4) is 5.69 Å². The summed E-state index contributed by atoms with van der Waals surface area (Å²) in [7, 11) is 0. The largest absolute Gasteiger partial charge is 0.475 e. The average molecular weight is 277 g/mol. The number of hydrogen-bond acceptors (Lipinski definition) is 3. The first kappa shape index (κ1) is 14.2. The molecule has 0 saturated heterocycles. The second-order valence-corrected chi connectivity index (χ2v) is 5.61. The molecule has 1 aromatic heterocycles. The highest BCUT2D eigenvalue weighted by Crippen LogP contribution is 2.25. The van der Waals surface area contributed by atoms with Gasteiger partial charge in [-0.15, -0.1) is 5.10 Å². The standard InChI is InChI=1S/C14H16FN3O2/c1-8-9(15)6-5-7-10(8)18-13(14(2,3)4)16-11(17-18)12(19)20/h5-7H,1-4H3,(H,19,20). The van der Waals surface area contributed by atoms with Crippen LogP contribution in [0, 0.1) is 12.7 Å². The van der Waals surface area contributed by atoms with E-state index in [1.807, 2.05) is 20.8 Å². The molecule has 106 valence electrons. The topological polar surface area (TPSA) is 68.0 Å². The van der Waals surface area contributed by atoms with Crippen molar-refractivity contribution in [2.24, 2.45) is 0 Å². The molecule has 0 bridgehead atoms. The van der Waals surface area contributed by atoms with E-state index in [0.717, 1.165) is 0 Å². The van der Waals surface area contributed by atoms with E-state index in [4.69, 9.17) is 5.11 Å². The van der Waals surface area contributed by atoms with E-state index in [-0.39, 0.29) is 11.6 Å². The number of carboxylic acid groups (broad SMARTS) is 1. The Labute approximate surface area is 116 Å². The highest BCUT2D eigenvalue weighted by molar-refractivity contribution is 5.83. The summed E-state index contributed by atoms with van der Waals surface area (Å²) in [6.07, 6.45) is 0. The van der Waals surface area contributed by atoms with Gasteiger partial charge in [0.15, 0.2) is 0 Å². The molecule has 1 aromatic carbocycles. The van der Waals surface area contributed by atoms with E-state index >= 15 is 0 Å². The van der Waals surface area contributed by atoms with Crippen molar-refractivity contribution in [3.63, 3.8) is 0 Å². The number of halogens is 1. The van der Waals surface area contributed by atoms with Gasteiger partial charge in [0.25, 0.3) is 5.82 Å². The Morgan fingerprint density at radius 3 is 2.55 bits per heavy atom. The van der Waals surface area contributed by atoms with E-state index in [1.165, 1.54) is 10.7 Å². The van der Waals surface area contributed by atoms with Crippen LogP contribution >= 0.6 is 0 Å². The molecule has 0 atom stereocenters. The highest BCUT2D eigenvalue weighted by Gasteiger charge is 2.26. The Balaban J connectivity index is 2.72. The van der Waals surface area contributed by atoms with Crippen LogP contribution in [0.25, 0.3) is 5.69 Å². The van der Waals surface area contributed by atoms with Crippen molar-refractivity contribution in [2.45, 2.75) is 33.1 Å². The van der Waals surface area contributed by atoms with Gasteiger partial charge in [-0.1, -0.05) is 26.8 Å². The van der Waals surface area contributed by atoms with Gasteiger partial charge in [-0.05, 0) is 19.1 Å². The molecule has 1 heterocycles. The molecule has 0 unspecified atom stereocenters. The summed E-state index contributed by atoms with van der Waals surface area (Å²) in [5.41, 5.74) is 0.481. The lowest BCUT2D eigenvalue weighted by Crippen LogP contribution is -2.19. The number of aromatic nitrogens is 3. The van der Waals surface area contributed by atoms with Crippen molar-refractivity contribution in [1.29, 1.82) is 0 Å². The molecule has 20 heavy (non-hydrogen) atoms. The zero-order chi connectivity index (χ0) is 15.1. The normalized spacial score (nSPS) is 11.7. The van der Waals surface area contributed by atoms with Crippen molar-refractivity contribution in [3.05, 3.63) is 41.2 Å². The van der Waals surface area contributed by atoms with Gasteiger partial charge in [0, 0.05) is 11.0 Å².